The minimum atomic E-state index is -0.465. The lowest BCUT2D eigenvalue weighted by molar-refractivity contribution is 0.172. The molecular weight excluding hydrogens is 168 g/mol. The van der Waals surface area contributed by atoms with Crippen LogP contribution in [0.3, 0.4) is 0 Å². The lowest BCUT2D eigenvalue weighted by Gasteiger charge is -2.03. The Morgan fingerprint density at radius 3 is 2.85 bits per heavy atom. The number of aliphatic hydroxyl groups is 1. The van der Waals surface area contributed by atoms with Crippen LogP contribution in [0.25, 0.3) is 0 Å². The van der Waals surface area contributed by atoms with E-state index in [4.69, 9.17) is 5.11 Å². The minimum Gasteiger partial charge on any atom is -0.392 e. The first-order chi connectivity index (χ1) is 6.18. The van der Waals surface area contributed by atoms with Gasteiger partial charge in [-0.25, -0.2) is 4.79 Å². The van der Waals surface area contributed by atoms with Crippen LogP contribution >= 0.6 is 0 Å². The zero-order chi connectivity index (χ0) is 9.42. The Kier molecular flexibility index (Phi) is 2.00. The van der Waals surface area contributed by atoms with Gasteiger partial charge in [-0.05, 0) is 19.8 Å². The maximum Gasteiger partial charge on any atom is 0.328 e. The summed E-state index contributed by atoms with van der Waals surface area (Å²) in [4.78, 5) is 11.6. The summed E-state index contributed by atoms with van der Waals surface area (Å²) < 4.78 is 3.31. The monoisotopic (exact) mass is 182 g/mol. The molecule has 1 atom stereocenters. The number of aromatic nitrogens is 2. The molecule has 2 rings (SSSR count). The Balaban J connectivity index is 2.22. The van der Waals surface area contributed by atoms with Crippen molar-refractivity contribution in [1.29, 1.82) is 0 Å². The van der Waals surface area contributed by atoms with Gasteiger partial charge in [0, 0.05) is 18.4 Å². The molecule has 1 aliphatic rings. The Hall–Kier alpha value is -1.03. The second-order valence-corrected chi connectivity index (χ2v) is 3.72. The summed E-state index contributed by atoms with van der Waals surface area (Å²) in [7, 11) is 0. The highest BCUT2D eigenvalue weighted by atomic mass is 16.3. The quantitative estimate of drug-likeness (QED) is 0.734. The molecule has 0 spiro atoms. The largest absolute Gasteiger partial charge is 0.392 e. The average Bonchev–Trinajstić information content (AvgIpc) is 2.81. The summed E-state index contributed by atoms with van der Waals surface area (Å²) >= 11 is 0. The van der Waals surface area contributed by atoms with E-state index in [0.29, 0.717) is 12.6 Å². The predicted octanol–water partition coefficient (Wildman–Crippen LogP) is 0.365. The fourth-order valence-corrected chi connectivity index (χ4v) is 1.48. The lowest BCUT2D eigenvalue weighted by Crippen LogP contribution is -2.26. The molecule has 1 fully saturated rings. The number of imidazole rings is 1. The van der Waals surface area contributed by atoms with Gasteiger partial charge in [-0.2, -0.15) is 0 Å². The van der Waals surface area contributed by atoms with Crippen LogP contribution in [0, 0.1) is 0 Å². The predicted molar refractivity (Wildman–Crippen MR) is 48.6 cm³/mol. The molecule has 1 N–H and O–H groups in total. The van der Waals surface area contributed by atoms with Gasteiger partial charge >= 0.3 is 5.69 Å². The molecule has 0 unspecified atom stereocenters. The molecule has 13 heavy (non-hydrogen) atoms. The zero-order valence-corrected chi connectivity index (χ0v) is 7.68. The lowest BCUT2D eigenvalue weighted by atomic mass is 10.4. The van der Waals surface area contributed by atoms with Crippen LogP contribution in [-0.2, 0) is 6.54 Å². The summed E-state index contributed by atoms with van der Waals surface area (Å²) in [5, 5.41) is 9.12. The van der Waals surface area contributed by atoms with Crippen molar-refractivity contribution in [1.82, 2.24) is 9.13 Å². The van der Waals surface area contributed by atoms with Crippen molar-refractivity contribution in [3.05, 3.63) is 22.9 Å². The average molecular weight is 182 g/mol. The molecule has 0 radical (unpaired) electrons. The van der Waals surface area contributed by atoms with Gasteiger partial charge in [0.1, 0.15) is 0 Å². The highest BCUT2D eigenvalue weighted by Gasteiger charge is 2.25. The first-order valence-corrected chi connectivity index (χ1v) is 4.64. The van der Waals surface area contributed by atoms with Crippen LogP contribution in [0.1, 0.15) is 25.8 Å². The van der Waals surface area contributed by atoms with Crippen molar-refractivity contribution in [3.8, 4) is 0 Å². The Morgan fingerprint density at radius 2 is 2.31 bits per heavy atom. The van der Waals surface area contributed by atoms with E-state index in [1.54, 1.807) is 22.3 Å². The van der Waals surface area contributed by atoms with Gasteiger partial charge in [0.25, 0.3) is 0 Å². The van der Waals surface area contributed by atoms with Crippen LogP contribution in [-0.4, -0.2) is 20.3 Å². The first-order valence-electron chi connectivity index (χ1n) is 4.64. The van der Waals surface area contributed by atoms with E-state index in [1.807, 2.05) is 6.20 Å². The van der Waals surface area contributed by atoms with Crippen molar-refractivity contribution in [3.63, 3.8) is 0 Å². The second kappa shape index (κ2) is 3.03. The van der Waals surface area contributed by atoms with Gasteiger partial charge in [0.05, 0.1) is 12.6 Å². The van der Waals surface area contributed by atoms with E-state index >= 15 is 0 Å². The molecule has 0 bridgehead atoms. The van der Waals surface area contributed by atoms with E-state index < -0.39 is 6.10 Å². The van der Waals surface area contributed by atoms with Crippen molar-refractivity contribution in [2.24, 2.45) is 0 Å². The van der Waals surface area contributed by atoms with E-state index in [0.717, 1.165) is 12.8 Å². The molecule has 72 valence electrons. The zero-order valence-electron chi connectivity index (χ0n) is 7.68. The molecule has 4 heteroatoms. The molecule has 0 saturated heterocycles. The first kappa shape index (κ1) is 8.56. The van der Waals surface area contributed by atoms with Crippen LogP contribution in [0.2, 0.25) is 0 Å². The van der Waals surface area contributed by atoms with Gasteiger partial charge in [-0.15, -0.1) is 0 Å². The Labute approximate surface area is 76.4 Å². The number of hydrogen-bond donors (Lipinski definition) is 1. The van der Waals surface area contributed by atoms with Gasteiger partial charge in [-0.3, -0.25) is 9.13 Å². The Morgan fingerprint density at radius 1 is 1.62 bits per heavy atom. The number of nitrogens with zero attached hydrogens (tertiary/aromatic N) is 2. The summed E-state index contributed by atoms with van der Waals surface area (Å²) in [6.45, 7) is 2.07. The summed E-state index contributed by atoms with van der Waals surface area (Å²) in [5.41, 5.74) is 0.00315. The van der Waals surface area contributed by atoms with E-state index in [2.05, 4.69) is 0 Å². The van der Waals surface area contributed by atoms with Crippen molar-refractivity contribution < 1.29 is 5.11 Å². The molecule has 0 aliphatic heterocycles. The molecule has 1 heterocycles. The van der Waals surface area contributed by atoms with E-state index in [1.165, 1.54) is 0 Å². The fourth-order valence-electron chi connectivity index (χ4n) is 1.48. The maximum absolute atomic E-state index is 11.6. The normalized spacial score (nSPS) is 18.9. The minimum absolute atomic E-state index is 0.00315. The smallest absolute Gasteiger partial charge is 0.328 e. The molecule has 0 aromatic carbocycles. The van der Waals surface area contributed by atoms with Crippen LogP contribution in [0.5, 0.6) is 0 Å². The van der Waals surface area contributed by atoms with Crippen LogP contribution in [0.4, 0.5) is 0 Å². The van der Waals surface area contributed by atoms with Crippen molar-refractivity contribution >= 4 is 0 Å². The third kappa shape index (κ3) is 1.67. The van der Waals surface area contributed by atoms with Crippen LogP contribution in [0.15, 0.2) is 17.2 Å². The summed E-state index contributed by atoms with van der Waals surface area (Å²) in [5.74, 6) is 0. The molecular formula is C9H14N2O2. The summed E-state index contributed by atoms with van der Waals surface area (Å²) in [6.07, 6.45) is 5.31. The van der Waals surface area contributed by atoms with Crippen molar-refractivity contribution in [2.75, 3.05) is 0 Å². The second-order valence-electron chi connectivity index (χ2n) is 3.72. The highest BCUT2D eigenvalue weighted by molar-refractivity contribution is 4.91. The standard InChI is InChI=1S/C9H14N2O2/c1-7(12)6-10-4-5-11(9(10)13)8-2-3-8/h4-5,7-8,12H,2-3,6H2,1H3/t7-/m1/s1. The number of rotatable bonds is 3. The number of aliphatic hydroxyl groups excluding tert-OH is 1. The molecule has 1 aromatic rings. The summed E-state index contributed by atoms with van der Waals surface area (Å²) in [6, 6.07) is 0.419. The number of hydrogen-bond acceptors (Lipinski definition) is 2. The molecule has 0 amide bonds. The topological polar surface area (TPSA) is 47.2 Å². The molecule has 1 aliphatic carbocycles. The molecule has 1 aromatic heterocycles. The van der Waals surface area contributed by atoms with E-state index in [-0.39, 0.29) is 5.69 Å². The Bertz CT molecular complexity index is 347. The maximum atomic E-state index is 11.6. The SMILES string of the molecule is C[C@@H](O)Cn1ccn(C2CC2)c1=O. The molecule has 4 nitrogen and oxygen atoms in total. The third-order valence-electron chi connectivity index (χ3n) is 2.27. The third-order valence-corrected chi connectivity index (χ3v) is 2.27. The van der Waals surface area contributed by atoms with Gasteiger partial charge < -0.3 is 5.11 Å². The van der Waals surface area contributed by atoms with Gasteiger partial charge in [0.2, 0.25) is 0 Å². The van der Waals surface area contributed by atoms with E-state index in [9.17, 15) is 4.79 Å². The highest BCUT2D eigenvalue weighted by Crippen LogP contribution is 2.33. The molecule has 1 saturated carbocycles. The fraction of sp³-hybridized carbons (Fsp3) is 0.667. The van der Waals surface area contributed by atoms with Crippen molar-refractivity contribution in [2.45, 2.75) is 38.5 Å². The van der Waals surface area contributed by atoms with Gasteiger partial charge in [0.15, 0.2) is 0 Å². The van der Waals surface area contributed by atoms with Crippen LogP contribution < -0.4 is 5.69 Å². The van der Waals surface area contributed by atoms with Gasteiger partial charge in [-0.1, -0.05) is 0 Å².